The van der Waals surface area contributed by atoms with Gasteiger partial charge in [0, 0.05) is 6.42 Å². The van der Waals surface area contributed by atoms with Crippen LogP contribution in [0.5, 0.6) is 0 Å². The zero-order chi connectivity index (χ0) is 8.27. The van der Waals surface area contributed by atoms with Crippen LogP contribution in [-0.4, -0.2) is 23.3 Å². The van der Waals surface area contributed by atoms with E-state index in [1.807, 2.05) is 6.92 Å². The van der Waals surface area contributed by atoms with Gasteiger partial charge in [0.25, 0.3) is 0 Å². The average Bonchev–Trinajstić information content (AvgIpc) is 1.85. The van der Waals surface area contributed by atoms with Gasteiger partial charge in [-0.05, 0) is 6.42 Å². The van der Waals surface area contributed by atoms with E-state index in [0.29, 0.717) is 6.42 Å². The average molecular weight is 158 g/mol. The first-order chi connectivity index (χ1) is 5.22. The van der Waals surface area contributed by atoms with Gasteiger partial charge in [0.1, 0.15) is 6.10 Å². The van der Waals surface area contributed by atoms with Crippen molar-refractivity contribution in [3.8, 4) is 0 Å². The van der Waals surface area contributed by atoms with Crippen LogP contribution in [0.25, 0.3) is 0 Å². The summed E-state index contributed by atoms with van der Waals surface area (Å²) < 4.78 is 5.00. The second-order valence-corrected chi connectivity index (χ2v) is 2.99. The quantitative estimate of drug-likeness (QED) is 0.606. The summed E-state index contributed by atoms with van der Waals surface area (Å²) in [6.07, 6.45) is 2.11. The summed E-state index contributed by atoms with van der Waals surface area (Å²) in [6.45, 7) is 2.04. The lowest BCUT2D eigenvalue weighted by atomic mass is 10.0. The highest BCUT2D eigenvalue weighted by Crippen LogP contribution is 2.18. The molecule has 0 saturated carbocycles. The molecule has 1 aliphatic rings. The van der Waals surface area contributed by atoms with E-state index in [-0.39, 0.29) is 18.5 Å². The van der Waals surface area contributed by atoms with E-state index < -0.39 is 6.10 Å². The zero-order valence-electron chi connectivity index (χ0n) is 6.75. The molecule has 1 rings (SSSR count). The van der Waals surface area contributed by atoms with Crippen molar-refractivity contribution >= 4 is 5.97 Å². The molecular weight excluding hydrogens is 144 g/mol. The molecule has 1 unspecified atom stereocenters. The van der Waals surface area contributed by atoms with Crippen LogP contribution < -0.4 is 0 Å². The summed E-state index contributed by atoms with van der Waals surface area (Å²) in [5.41, 5.74) is 0. The molecule has 2 atom stereocenters. The minimum absolute atomic E-state index is 0.0451. The zero-order valence-corrected chi connectivity index (χ0v) is 6.75. The molecule has 0 spiro atoms. The number of hydrogen-bond acceptors (Lipinski definition) is 3. The summed E-state index contributed by atoms with van der Waals surface area (Å²) in [6, 6.07) is 0. The highest BCUT2D eigenvalue weighted by atomic mass is 16.5. The molecule has 1 heterocycles. The SMILES string of the molecule is CCCC1C[C@@H](O)CC(=O)O1. The van der Waals surface area contributed by atoms with Crippen molar-refractivity contribution in [3.05, 3.63) is 0 Å². The first-order valence-corrected chi connectivity index (χ1v) is 4.10. The molecule has 0 bridgehead atoms. The molecule has 1 fully saturated rings. The van der Waals surface area contributed by atoms with Gasteiger partial charge in [-0.25, -0.2) is 0 Å². The van der Waals surface area contributed by atoms with Gasteiger partial charge in [-0.2, -0.15) is 0 Å². The standard InChI is InChI=1S/C8H14O3/c1-2-3-7-4-6(9)5-8(10)11-7/h6-7,9H,2-5H2,1H3/t6-,7?/m1/s1. The molecule has 64 valence electrons. The van der Waals surface area contributed by atoms with Crippen LogP contribution in [0.2, 0.25) is 0 Å². The van der Waals surface area contributed by atoms with E-state index in [1.165, 1.54) is 0 Å². The maximum atomic E-state index is 10.8. The highest BCUT2D eigenvalue weighted by Gasteiger charge is 2.25. The second-order valence-electron chi connectivity index (χ2n) is 2.99. The molecule has 1 saturated heterocycles. The molecule has 1 N–H and O–H groups in total. The van der Waals surface area contributed by atoms with E-state index in [9.17, 15) is 9.90 Å². The number of aliphatic hydroxyl groups is 1. The third-order valence-corrected chi connectivity index (χ3v) is 1.85. The molecule has 0 aromatic heterocycles. The number of ether oxygens (including phenoxy) is 1. The lowest BCUT2D eigenvalue weighted by Crippen LogP contribution is -2.32. The molecule has 0 aromatic carbocycles. The van der Waals surface area contributed by atoms with E-state index in [1.54, 1.807) is 0 Å². The number of esters is 1. The van der Waals surface area contributed by atoms with Crippen molar-refractivity contribution in [3.63, 3.8) is 0 Å². The third-order valence-electron chi connectivity index (χ3n) is 1.85. The minimum Gasteiger partial charge on any atom is -0.462 e. The second kappa shape index (κ2) is 3.72. The van der Waals surface area contributed by atoms with Crippen molar-refractivity contribution in [1.82, 2.24) is 0 Å². The van der Waals surface area contributed by atoms with Crippen LogP contribution in [0.1, 0.15) is 32.6 Å². The summed E-state index contributed by atoms with van der Waals surface area (Å²) in [5, 5.41) is 9.18. The van der Waals surface area contributed by atoms with Gasteiger partial charge in [-0.1, -0.05) is 13.3 Å². The predicted molar refractivity (Wildman–Crippen MR) is 40.0 cm³/mol. The first-order valence-electron chi connectivity index (χ1n) is 4.10. The van der Waals surface area contributed by atoms with Gasteiger partial charge in [0.2, 0.25) is 0 Å². The Balaban J connectivity index is 2.36. The topological polar surface area (TPSA) is 46.5 Å². The number of carbonyl (C=O) groups is 1. The molecule has 3 heteroatoms. The number of cyclic esters (lactones) is 1. The van der Waals surface area contributed by atoms with Crippen molar-refractivity contribution in [1.29, 1.82) is 0 Å². The summed E-state index contributed by atoms with van der Waals surface area (Å²) in [7, 11) is 0. The monoisotopic (exact) mass is 158 g/mol. The van der Waals surface area contributed by atoms with E-state index in [4.69, 9.17) is 4.74 Å². The van der Waals surface area contributed by atoms with E-state index in [2.05, 4.69) is 0 Å². The smallest absolute Gasteiger partial charge is 0.308 e. The van der Waals surface area contributed by atoms with Gasteiger partial charge in [-0.15, -0.1) is 0 Å². The van der Waals surface area contributed by atoms with Crippen LogP contribution in [-0.2, 0) is 9.53 Å². The Kier molecular flexibility index (Phi) is 2.88. The number of carbonyl (C=O) groups excluding carboxylic acids is 1. The van der Waals surface area contributed by atoms with Crippen LogP contribution in [0.3, 0.4) is 0 Å². The normalized spacial score (nSPS) is 31.6. The first kappa shape index (κ1) is 8.53. The summed E-state index contributed by atoms with van der Waals surface area (Å²) >= 11 is 0. The van der Waals surface area contributed by atoms with Gasteiger partial charge < -0.3 is 9.84 Å². The number of hydrogen-bond donors (Lipinski definition) is 1. The Labute approximate surface area is 66.4 Å². The summed E-state index contributed by atoms with van der Waals surface area (Å²) in [5.74, 6) is -0.262. The van der Waals surface area contributed by atoms with E-state index >= 15 is 0 Å². The number of aliphatic hydroxyl groups excluding tert-OH is 1. The van der Waals surface area contributed by atoms with Crippen molar-refractivity contribution in [2.45, 2.75) is 44.8 Å². The van der Waals surface area contributed by atoms with Gasteiger partial charge in [-0.3, -0.25) is 4.79 Å². The summed E-state index contributed by atoms with van der Waals surface area (Å²) in [4.78, 5) is 10.8. The molecule has 3 nitrogen and oxygen atoms in total. The fourth-order valence-electron chi connectivity index (χ4n) is 1.36. The van der Waals surface area contributed by atoms with Gasteiger partial charge in [0.15, 0.2) is 0 Å². The van der Waals surface area contributed by atoms with Crippen LogP contribution in [0.15, 0.2) is 0 Å². The molecule has 0 amide bonds. The molecule has 1 aliphatic heterocycles. The lowest BCUT2D eigenvalue weighted by molar-refractivity contribution is -0.160. The van der Waals surface area contributed by atoms with Crippen LogP contribution in [0.4, 0.5) is 0 Å². The molecule has 0 radical (unpaired) electrons. The van der Waals surface area contributed by atoms with Crippen molar-refractivity contribution < 1.29 is 14.6 Å². The van der Waals surface area contributed by atoms with Crippen LogP contribution >= 0.6 is 0 Å². The highest BCUT2D eigenvalue weighted by molar-refractivity contribution is 5.70. The fourth-order valence-corrected chi connectivity index (χ4v) is 1.36. The minimum atomic E-state index is -0.479. The number of rotatable bonds is 2. The van der Waals surface area contributed by atoms with Crippen molar-refractivity contribution in [2.75, 3.05) is 0 Å². The Bertz CT molecular complexity index is 144. The van der Waals surface area contributed by atoms with Gasteiger partial charge in [0.05, 0.1) is 12.5 Å². The molecule has 0 aliphatic carbocycles. The Hall–Kier alpha value is -0.570. The molecule has 11 heavy (non-hydrogen) atoms. The molecular formula is C8H14O3. The maximum absolute atomic E-state index is 10.8. The van der Waals surface area contributed by atoms with Crippen LogP contribution in [0, 0.1) is 0 Å². The Morgan fingerprint density at radius 2 is 2.45 bits per heavy atom. The maximum Gasteiger partial charge on any atom is 0.308 e. The Morgan fingerprint density at radius 1 is 1.73 bits per heavy atom. The van der Waals surface area contributed by atoms with Gasteiger partial charge >= 0.3 is 5.97 Å². The van der Waals surface area contributed by atoms with Crippen molar-refractivity contribution in [2.24, 2.45) is 0 Å². The molecule has 0 aromatic rings. The largest absolute Gasteiger partial charge is 0.462 e. The Morgan fingerprint density at radius 3 is 3.00 bits per heavy atom. The fraction of sp³-hybridized carbons (Fsp3) is 0.875. The predicted octanol–water partition coefficient (Wildman–Crippen LogP) is 0.853. The third kappa shape index (κ3) is 2.50. The lowest BCUT2D eigenvalue weighted by Gasteiger charge is -2.25. The van der Waals surface area contributed by atoms with E-state index in [0.717, 1.165) is 12.8 Å².